The maximum absolute atomic E-state index is 14.4. The highest BCUT2D eigenvalue weighted by atomic mass is 19.2. The van der Waals surface area contributed by atoms with Crippen molar-refractivity contribution in [2.45, 2.75) is 26.2 Å². The molecule has 0 atom stereocenters. The minimum atomic E-state index is -1.19. The number of hydrogen-bond acceptors (Lipinski definition) is 2. The van der Waals surface area contributed by atoms with E-state index in [9.17, 15) is 18.0 Å². The van der Waals surface area contributed by atoms with Gasteiger partial charge in [0.15, 0.2) is 11.6 Å². The molecule has 1 heterocycles. The number of halogens is 3. The molecule has 3 rings (SSSR count). The van der Waals surface area contributed by atoms with Crippen LogP contribution in [0.1, 0.15) is 35.2 Å². The second-order valence-corrected chi connectivity index (χ2v) is 6.25. The van der Waals surface area contributed by atoms with E-state index in [2.05, 4.69) is 5.32 Å². The van der Waals surface area contributed by atoms with Gasteiger partial charge < -0.3 is 10.2 Å². The second-order valence-electron chi connectivity index (χ2n) is 6.25. The molecule has 0 radical (unpaired) electrons. The summed E-state index contributed by atoms with van der Waals surface area (Å²) in [6.45, 7) is 2.88. The van der Waals surface area contributed by atoms with Gasteiger partial charge in [-0.2, -0.15) is 0 Å². The van der Waals surface area contributed by atoms with E-state index < -0.39 is 17.5 Å². The molecule has 1 aliphatic heterocycles. The summed E-state index contributed by atoms with van der Waals surface area (Å²) in [7, 11) is 0. The van der Waals surface area contributed by atoms with Gasteiger partial charge in [-0.05, 0) is 56.0 Å². The van der Waals surface area contributed by atoms with E-state index in [0.717, 1.165) is 25.3 Å². The van der Waals surface area contributed by atoms with Crippen molar-refractivity contribution < 1.29 is 18.0 Å². The molecule has 2 aromatic carbocycles. The fraction of sp³-hybridized carbons (Fsp3) is 0.316. The molecule has 132 valence electrons. The number of hydrogen-bond donors (Lipinski definition) is 1. The summed E-state index contributed by atoms with van der Waals surface area (Å²) >= 11 is 0. The second kappa shape index (κ2) is 7.17. The van der Waals surface area contributed by atoms with Crippen LogP contribution < -0.4 is 5.32 Å². The monoisotopic (exact) mass is 348 g/mol. The van der Waals surface area contributed by atoms with Gasteiger partial charge in [0, 0.05) is 13.1 Å². The minimum absolute atomic E-state index is 0.000718. The van der Waals surface area contributed by atoms with Gasteiger partial charge in [-0.25, -0.2) is 13.2 Å². The molecular formula is C19H19F3N2O. The first kappa shape index (κ1) is 17.3. The number of nitrogens with one attached hydrogen (secondary N) is 1. The third-order valence-corrected chi connectivity index (χ3v) is 4.35. The average molecular weight is 348 g/mol. The third-order valence-electron chi connectivity index (χ3n) is 4.35. The van der Waals surface area contributed by atoms with Gasteiger partial charge in [-0.15, -0.1) is 0 Å². The van der Waals surface area contributed by atoms with Crippen molar-refractivity contribution in [1.29, 1.82) is 0 Å². The maximum Gasteiger partial charge on any atom is 0.256 e. The van der Waals surface area contributed by atoms with Crippen LogP contribution in [-0.2, 0) is 0 Å². The summed E-state index contributed by atoms with van der Waals surface area (Å²) in [6, 6.07) is 6.53. The van der Waals surface area contributed by atoms with Crippen LogP contribution in [0.5, 0.6) is 0 Å². The van der Waals surface area contributed by atoms with Gasteiger partial charge in [0.2, 0.25) is 0 Å². The molecule has 0 unspecified atom stereocenters. The molecule has 0 aliphatic carbocycles. The van der Waals surface area contributed by atoms with E-state index >= 15 is 0 Å². The minimum Gasteiger partial charge on any atom is -0.350 e. The van der Waals surface area contributed by atoms with Crippen LogP contribution in [0.25, 0.3) is 0 Å². The molecule has 3 nitrogen and oxygen atoms in total. The number of carbonyl (C=O) groups is 1. The van der Waals surface area contributed by atoms with Crippen molar-refractivity contribution in [2.75, 3.05) is 18.4 Å². The number of carbonyl (C=O) groups excluding carboxylic acids is 1. The highest BCUT2D eigenvalue weighted by molar-refractivity contribution is 6.00. The molecule has 1 fully saturated rings. The van der Waals surface area contributed by atoms with Gasteiger partial charge in [-0.1, -0.05) is 6.07 Å². The van der Waals surface area contributed by atoms with Crippen LogP contribution in [0.2, 0.25) is 0 Å². The van der Waals surface area contributed by atoms with Crippen LogP contribution in [0.4, 0.5) is 24.5 Å². The predicted octanol–water partition coefficient (Wildman–Crippen LogP) is 4.78. The molecule has 1 saturated heterocycles. The molecule has 0 saturated carbocycles. The normalized spacial score (nSPS) is 14.5. The number of benzene rings is 2. The molecule has 0 spiro atoms. The summed E-state index contributed by atoms with van der Waals surface area (Å²) in [4.78, 5) is 14.3. The molecule has 25 heavy (non-hydrogen) atoms. The Morgan fingerprint density at radius 3 is 2.40 bits per heavy atom. The fourth-order valence-electron chi connectivity index (χ4n) is 2.97. The van der Waals surface area contributed by atoms with Gasteiger partial charge in [0.05, 0.1) is 16.9 Å². The SMILES string of the molecule is Cc1ccc(Nc2c(C(=O)N3CCCCC3)ccc(F)c2F)c(F)c1. The lowest BCUT2D eigenvalue weighted by molar-refractivity contribution is 0.0725. The standard InChI is InChI=1S/C19H19F3N2O/c1-12-5-8-16(15(21)11-12)23-18-13(6-7-14(20)17(18)22)19(25)24-9-3-2-4-10-24/h5-8,11,23H,2-4,9-10H2,1H3. The van der Waals surface area contributed by atoms with Crippen LogP contribution in [0.15, 0.2) is 30.3 Å². The Kier molecular flexibility index (Phi) is 4.97. The van der Waals surface area contributed by atoms with E-state index in [1.54, 1.807) is 17.9 Å². The molecule has 1 aliphatic rings. The zero-order chi connectivity index (χ0) is 18.0. The molecule has 6 heteroatoms. The number of likely N-dealkylation sites (tertiary alicyclic amines) is 1. The van der Waals surface area contributed by atoms with Gasteiger partial charge in [0.1, 0.15) is 5.82 Å². The van der Waals surface area contributed by atoms with Crippen LogP contribution in [0.3, 0.4) is 0 Å². The van der Waals surface area contributed by atoms with Crippen molar-refractivity contribution in [3.63, 3.8) is 0 Å². The highest BCUT2D eigenvalue weighted by Gasteiger charge is 2.24. The topological polar surface area (TPSA) is 32.3 Å². The van der Waals surface area contributed by atoms with Crippen molar-refractivity contribution in [1.82, 2.24) is 4.90 Å². The molecule has 1 N–H and O–H groups in total. The van der Waals surface area contributed by atoms with Crippen molar-refractivity contribution in [3.8, 4) is 0 Å². The summed E-state index contributed by atoms with van der Waals surface area (Å²) < 4.78 is 42.1. The van der Waals surface area contributed by atoms with Crippen molar-refractivity contribution in [2.24, 2.45) is 0 Å². The lowest BCUT2D eigenvalue weighted by Crippen LogP contribution is -2.36. The number of amides is 1. The molecular weight excluding hydrogens is 329 g/mol. The van der Waals surface area contributed by atoms with Gasteiger partial charge in [0.25, 0.3) is 5.91 Å². The Morgan fingerprint density at radius 2 is 1.72 bits per heavy atom. The van der Waals surface area contributed by atoms with E-state index in [0.29, 0.717) is 18.7 Å². The fourth-order valence-corrected chi connectivity index (χ4v) is 2.97. The quantitative estimate of drug-likeness (QED) is 0.866. The van der Waals surface area contributed by atoms with E-state index in [-0.39, 0.29) is 22.8 Å². The zero-order valence-electron chi connectivity index (χ0n) is 13.9. The molecule has 1 amide bonds. The summed E-state index contributed by atoms with van der Waals surface area (Å²) in [5.41, 5.74) is 0.356. The average Bonchev–Trinajstić information content (AvgIpc) is 2.61. The van der Waals surface area contributed by atoms with Crippen LogP contribution >= 0.6 is 0 Å². The number of piperidine rings is 1. The zero-order valence-corrected chi connectivity index (χ0v) is 13.9. The van der Waals surface area contributed by atoms with Gasteiger partial charge >= 0.3 is 0 Å². The van der Waals surface area contributed by atoms with Crippen LogP contribution in [0, 0.1) is 24.4 Å². The molecule has 0 aromatic heterocycles. The highest BCUT2D eigenvalue weighted by Crippen LogP contribution is 2.29. The largest absolute Gasteiger partial charge is 0.350 e. The van der Waals surface area contributed by atoms with Crippen molar-refractivity contribution in [3.05, 3.63) is 58.9 Å². The number of rotatable bonds is 3. The Bertz CT molecular complexity index is 801. The first-order valence-electron chi connectivity index (χ1n) is 8.28. The lowest BCUT2D eigenvalue weighted by atomic mass is 10.1. The Balaban J connectivity index is 1.99. The number of anilines is 2. The summed E-state index contributed by atoms with van der Waals surface area (Å²) in [6.07, 6.45) is 2.80. The maximum atomic E-state index is 14.4. The van der Waals surface area contributed by atoms with Crippen molar-refractivity contribution >= 4 is 17.3 Å². The lowest BCUT2D eigenvalue weighted by Gasteiger charge is -2.27. The van der Waals surface area contributed by atoms with E-state index in [1.165, 1.54) is 18.2 Å². The molecule has 2 aromatic rings. The predicted molar refractivity (Wildman–Crippen MR) is 90.5 cm³/mol. The van der Waals surface area contributed by atoms with Gasteiger partial charge in [-0.3, -0.25) is 4.79 Å². The Morgan fingerprint density at radius 1 is 1.00 bits per heavy atom. The summed E-state index contributed by atoms with van der Waals surface area (Å²) in [5.74, 6) is -3.26. The summed E-state index contributed by atoms with van der Waals surface area (Å²) in [5, 5.41) is 2.56. The smallest absolute Gasteiger partial charge is 0.256 e. The molecule has 0 bridgehead atoms. The number of nitrogens with zero attached hydrogens (tertiary/aromatic N) is 1. The Labute approximate surface area is 144 Å². The third kappa shape index (κ3) is 3.62. The first-order chi connectivity index (χ1) is 12.0. The van der Waals surface area contributed by atoms with Crippen LogP contribution in [-0.4, -0.2) is 23.9 Å². The Hall–Kier alpha value is -2.50. The first-order valence-corrected chi connectivity index (χ1v) is 8.28. The van der Waals surface area contributed by atoms with E-state index in [1.807, 2.05) is 0 Å². The van der Waals surface area contributed by atoms with E-state index in [4.69, 9.17) is 0 Å². The number of aryl methyl sites for hydroxylation is 1.